The Balaban J connectivity index is 1.85. The van der Waals surface area contributed by atoms with E-state index in [4.69, 9.17) is 9.15 Å². The van der Waals surface area contributed by atoms with Crippen molar-refractivity contribution in [1.82, 2.24) is 10.2 Å². The molecule has 1 N–H and O–H groups in total. The van der Waals surface area contributed by atoms with E-state index in [1.807, 2.05) is 0 Å². The summed E-state index contributed by atoms with van der Waals surface area (Å²) in [7, 11) is 2.19. The number of ether oxygens (including phenoxy) is 1. The molecule has 4 nitrogen and oxygen atoms in total. The fourth-order valence-electron chi connectivity index (χ4n) is 2.84. The molecule has 1 fully saturated rings. The lowest BCUT2D eigenvalue weighted by atomic mass is 10.1. The Hall–Kier alpha value is -0.840. The summed E-state index contributed by atoms with van der Waals surface area (Å²) in [5.74, 6) is 2.79. The van der Waals surface area contributed by atoms with E-state index in [0.29, 0.717) is 12.0 Å². The van der Waals surface area contributed by atoms with Crippen LogP contribution in [0.3, 0.4) is 0 Å². The standard InChI is InChI=1S/C17H30N2O2/c1-13(2)10-18-11-15-9-17(21-14(15)3)12-19(4)16-5-7-20-8-6-16/h9,13,16,18H,5-8,10-12H2,1-4H3. The molecule has 0 bridgehead atoms. The third kappa shape index (κ3) is 5.13. The fraction of sp³-hybridized carbons (Fsp3) is 0.765. The van der Waals surface area contributed by atoms with Crippen LogP contribution < -0.4 is 5.32 Å². The molecule has 0 amide bonds. The van der Waals surface area contributed by atoms with Crippen LogP contribution in [0.4, 0.5) is 0 Å². The molecule has 0 unspecified atom stereocenters. The molecule has 0 radical (unpaired) electrons. The van der Waals surface area contributed by atoms with Crippen LogP contribution in [0.25, 0.3) is 0 Å². The lowest BCUT2D eigenvalue weighted by molar-refractivity contribution is 0.0387. The molecule has 4 heteroatoms. The van der Waals surface area contributed by atoms with E-state index in [9.17, 15) is 0 Å². The second-order valence-electron chi connectivity index (χ2n) is 6.58. The fourth-order valence-corrected chi connectivity index (χ4v) is 2.84. The van der Waals surface area contributed by atoms with Crippen molar-refractivity contribution in [3.8, 4) is 0 Å². The number of nitrogens with zero attached hydrogens (tertiary/aromatic N) is 1. The van der Waals surface area contributed by atoms with Crippen LogP contribution in [0.2, 0.25) is 0 Å². The number of hydrogen-bond acceptors (Lipinski definition) is 4. The minimum atomic E-state index is 0.617. The highest BCUT2D eigenvalue weighted by molar-refractivity contribution is 5.20. The third-order valence-corrected chi connectivity index (χ3v) is 4.16. The molecule has 0 aliphatic carbocycles. The SMILES string of the molecule is Cc1oc(CN(C)C2CCOCC2)cc1CNCC(C)C. The molecular weight excluding hydrogens is 264 g/mol. The molecule has 0 atom stereocenters. The van der Waals surface area contributed by atoms with Gasteiger partial charge in [-0.3, -0.25) is 4.90 Å². The van der Waals surface area contributed by atoms with Crippen molar-refractivity contribution in [3.05, 3.63) is 23.2 Å². The second-order valence-corrected chi connectivity index (χ2v) is 6.58. The summed E-state index contributed by atoms with van der Waals surface area (Å²) in [5, 5.41) is 3.48. The van der Waals surface area contributed by atoms with Gasteiger partial charge in [-0.25, -0.2) is 0 Å². The molecular formula is C17H30N2O2. The van der Waals surface area contributed by atoms with Crippen LogP contribution in [0.1, 0.15) is 43.8 Å². The van der Waals surface area contributed by atoms with Crippen molar-refractivity contribution >= 4 is 0 Å². The van der Waals surface area contributed by atoms with Gasteiger partial charge in [0.1, 0.15) is 11.5 Å². The number of furan rings is 1. The Morgan fingerprint density at radius 3 is 2.71 bits per heavy atom. The molecule has 2 rings (SSSR count). The van der Waals surface area contributed by atoms with Crippen molar-refractivity contribution in [3.63, 3.8) is 0 Å². The largest absolute Gasteiger partial charge is 0.465 e. The summed E-state index contributed by atoms with van der Waals surface area (Å²) in [4.78, 5) is 2.39. The monoisotopic (exact) mass is 294 g/mol. The first-order chi connectivity index (χ1) is 10.1. The molecule has 0 saturated carbocycles. The van der Waals surface area contributed by atoms with Gasteiger partial charge < -0.3 is 14.5 Å². The Morgan fingerprint density at radius 1 is 1.33 bits per heavy atom. The van der Waals surface area contributed by atoms with Crippen molar-refractivity contribution in [1.29, 1.82) is 0 Å². The summed E-state index contributed by atoms with van der Waals surface area (Å²) < 4.78 is 11.3. The van der Waals surface area contributed by atoms with Gasteiger partial charge in [0.2, 0.25) is 0 Å². The summed E-state index contributed by atoms with van der Waals surface area (Å²) in [6, 6.07) is 2.82. The van der Waals surface area contributed by atoms with Gasteiger partial charge in [-0.05, 0) is 45.3 Å². The normalized spacial score (nSPS) is 17.0. The lowest BCUT2D eigenvalue weighted by Gasteiger charge is -2.30. The smallest absolute Gasteiger partial charge is 0.118 e. The molecule has 120 valence electrons. The van der Waals surface area contributed by atoms with Gasteiger partial charge in [-0.2, -0.15) is 0 Å². The van der Waals surface area contributed by atoms with Gasteiger partial charge in [0.15, 0.2) is 0 Å². The second kappa shape index (κ2) is 7.97. The molecule has 1 aliphatic rings. The van der Waals surface area contributed by atoms with E-state index in [2.05, 4.69) is 44.1 Å². The van der Waals surface area contributed by atoms with Gasteiger partial charge >= 0.3 is 0 Å². The maximum absolute atomic E-state index is 5.92. The first-order valence-electron chi connectivity index (χ1n) is 8.13. The van der Waals surface area contributed by atoms with Gasteiger partial charge in [0, 0.05) is 31.4 Å². The average molecular weight is 294 g/mol. The predicted molar refractivity (Wildman–Crippen MR) is 85.3 cm³/mol. The summed E-state index contributed by atoms with van der Waals surface area (Å²) >= 11 is 0. The first-order valence-corrected chi connectivity index (χ1v) is 8.13. The van der Waals surface area contributed by atoms with Crippen LogP contribution in [0, 0.1) is 12.8 Å². The van der Waals surface area contributed by atoms with E-state index in [1.54, 1.807) is 0 Å². The van der Waals surface area contributed by atoms with Crippen LogP contribution in [-0.2, 0) is 17.8 Å². The third-order valence-electron chi connectivity index (χ3n) is 4.16. The van der Waals surface area contributed by atoms with E-state index in [1.165, 1.54) is 5.56 Å². The predicted octanol–water partition coefficient (Wildman–Crippen LogP) is 2.94. The molecule has 21 heavy (non-hydrogen) atoms. The summed E-state index contributed by atoms with van der Waals surface area (Å²) in [6.45, 7) is 11.1. The topological polar surface area (TPSA) is 37.6 Å². The quantitative estimate of drug-likeness (QED) is 0.839. The highest BCUT2D eigenvalue weighted by Gasteiger charge is 2.19. The number of aryl methyl sites for hydroxylation is 1. The Kier molecular flexibility index (Phi) is 6.27. The van der Waals surface area contributed by atoms with E-state index in [-0.39, 0.29) is 0 Å². The van der Waals surface area contributed by atoms with Crippen LogP contribution in [-0.4, -0.2) is 37.7 Å². The van der Waals surface area contributed by atoms with Crippen molar-refractivity contribution < 1.29 is 9.15 Å². The molecule has 0 spiro atoms. The summed E-state index contributed by atoms with van der Waals surface area (Å²) in [5.41, 5.74) is 1.28. The highest BCUT2D eigenvalue weighted by Crippen LogP contribution is 2.19. The lowest BCUT2D eigenvalue weighted by Crippen LogP contribution is -2.36. The highest BCUT2D eigenvalue weighted by atomic mass is 16.5. The zero-order valence-corrected chi connectivity index (χ0v) is 13.9. The molecule has 1 aromatic rings. The minimum absolute atomic E-state index is 0.617. The van der Waals surface area contributed by atoms with E-state index >= 15 is 0 Å². The van der Waals surface area contributed by atoms with Crippen LogP contribution in [0.5, 0.6) is 0 Å². The maximum atomic E-state index is 5.92. The van der Waals surface area contributed by atoms with Gasteiger partial charge in [-0.15, -0.1) is 0 Å². The Bertz CT molecular complexity index is 422. The maximum Gasteiger partial charge on any atom is 0.118 e. The summed E-state index contributed by atoms with van der Waals surface area (Å²) in [6.07, 6.45) is 2.25. The average Bonchev–Trinajstić information content (AvgIpc) is 2.79. The zero-order chi connectivity index (χ0) is 15.2. The molecule has 0 aromatic carbocycles. The zero-order valence-electron chi connectivity index (χ0n) is 13.9. The number of nitrogens with one attached hydrogen (secondary N) is 1. The molecule has 2 heterocycles. The van der Waals surface area contributed by atoms with Crippen molar-refractivity contribution in [2.45, 2.75) is 52.7 Å². The van der Waals surface area contributed by atoms with Gasteiger partial charge in [0.05, 0.1) is 6.54 Å². The van der Waals surface area contributed by atoms with Crippen molar-refractivity contribution in [2.75, 3.05) is 26.8 Å². The molecule has 1 saturated heterocycles. The minimum Gasteiger partial charge on any atom is -0.465 e. The Morgan fingerprint density at radius 2 is 2.05 bits per heavy atom. The van der Waals surface area contributed by atoms with E-state index in [0.717, 1.165) is 57.2 Å². The first kappa shape index (κ1) is 16.5. The van der Waals surface area contributed by atoms with E-state index < -0.39 is 0 Å². The molecule has 1 aliphatic heterocycles. The van der Waals surface area contributed by atoms with Crippen molar-refractivity contribution in [2.24, 2.45) is 5.92 Å². The number of rotatable bonds is 7. The van der Waals surface area contributed by atoms with Crippen LogP contribution >= 0.6 is 0 Å². The number of hydrogen-bond donors (Lipinski definition) is 1. The van der Waals surface area contributed by atoms with Gasteiger partial charge in [0.25, 0.3) is 0 Å². The molecule has 1 aromatic heterocycles. The Labute approximate surface area is 128 Å². The van der Waals surface area contributed by atoms with Gasteiger partial charge in [-0.1, -0.05) is 13.8 Å². The van der Waals surface area contributed by atoms with Crippen LogP contribution in [0.15, 0.2) is 10.5 Å².